The van der Waals surface area contributed by atoms with Crippen molar-refractivity contribution in [3.63, 3.8) is 0 Å². The minimum Gasteiger partial charge on any atom is -0.617 e. The first-order valence-electron chi connectivity index (χ1n) is 4.27. The van der Waals surface area contributed by atoms with Gasteiger partial charge in [0.25, 0.3) is 0 Å². The second kappa shape index (κ2) is 5.00. The lowest BCUT2D eigenvalue weighted by molar-refractivity contribution is 0.0443. The van der Waals surface area contributed by atoms with Gasteiger partial charge >= 0.3 is 11.9 Å². The van der Waals surface area contributed by atoms with Crippen molar-refractivity contribution in [2.75, 3.05) is 12.5 Å². The minimum atomic E-state index is -0.784. The highest BCUT2D eigenvalue weighted by molar-refractivity contribution is 7.89. The van der Waals surface area contributed by atoms with Gasteiger partial charge in [0.1, 0.15) is 11.3 Å². The molecule has 0 radical (unpaired) electrons. The van der Waals surface area contributed by atoms with Gasteiger partial charge in [-0.1, -0.05) is 17.2 Å². The van der Waals surface area contributed by atoms with Crippen LogP contribution >= 0.6 is 0 Å². The molecule has 5 nitrogen and oxygen atoms in total. The summed E-state index contributed by atoms with van der Waals surface area (Å²) < 4.78 is 13.8. The van der Waals surface area contributed by atoms with Crippen LogP contribution in [0.5, 0.6) is 5.75 Å². The zero-order valence-electron chi connectivity index (χ0n) is 8.72. The van der Waals surface area contributed by atoms with Gasteiger partial charge in [0.05, 0.1) is 18.1 Å². The molecule has 16 heavy (non-hydrogen) atoms. The molecule has 1 aromatic carbocycles. The lowest BCUT2D eigenvalue weighted by Gasteiger charge is -1.93. The molecule has 86 valence electrons. The first kappa shape index (κ1) is 12.5. The highest BCUT2D eigenvalue weighted by Crippen LogP contribution is 2.27. The van der Waals surface area contributed by atoms with Gasteiger partial charge in [0.15, 0.2) is 0 Å². The second-order valence-electron chi connectivity index (χ2n) is 3.12. The van der Waals surface area contributed by atoms with Crippen molar-refractivity contribution in [1.82, 2.24) is 0 Å². The van der Waals surface area contributed by atoms with E-state index >= 15 is 0 Å². The normalized spacial score (nSPS) is 13.0. The average molecular weight is 242 g/mol. The molecule has 0 unspecified atom stereocenters. The molecule has 6 heteroatoms. The van der Waals surface area contributed by atoms with Crippen LogP contribution in [0.1, 0.15) is 20.7 Å². The van der Waals surface area contributed by atoms with Crippen molar-refractivity contribution in [3.8, 4) is 5.75 Å². The molecule has 0 aliphatic carbocycles. The summed E-state index contributed by atoms with van der Waals surface area (Å²) in [6.07, 6.45) is 3.28. The van der Waals surface area contributed by atoms with Crippen LogP contribution in [0, 0.1) is 0 Å². The van der Waals surface area contributed by atoms with Crippen LogP contribution in [0.2, 0.25) is 0 Å². The number of rotatable bonds is 0. The standard InChI is InChI=1S/C8H4O4.C2H6OS/c9-5-3-1-2-4-6(5)8(11)12-7(4)10;1-4(2)3/h1-3,9H;1-2H3. The number of cyclic esters (lactones) is 2. The van der Waals surface area contributed by atoms with E-state index in [1.54, 1.807) is 12.5 Å². The van der Waals surface area contributed by atoms with Crippen LogP contribution in [-0.4, -0.2) is 34.1 Å². The molecule has 1 N–H and O–H groups in total. The fraction of sp³-hybridized carbons (Fsp3) is 0.200. The van der Waals surface area contributed by atoms with Crippen LogP contribution in [0.25, 0.3) is 0 Å². The van der Waals surface area contributed by atoms with Crippen LogP contribution in [0.4, 0.5) is 0 Å². The van der Waals surface area contributed by atoms with E-state index in [0.29, 0.717) is 0 Å². The summed E-state index contributed by atoms with van der Waals surface area (Å²) in [5.41, 5.74) is 0.0856. The zero-order chi connectivity index (χ0) is 12.3. The predicted molar refractivity (Wildman–Crippen MR) is 57.8 cm³/mol. The van der Waals surface area contributed by atoms with Crippen LogP contribution in [0.15, 0.2) is 18.2 Å². The molecule has 0 atom stereocenters. The Bertz CT molecular complexity index is 424. The first-order chi connectivity index (χ1) is 7.43. The van der Waals surface area contributed by atoms with Crippen molar-refractivity contribution in [3.05, 3.63) is 29.3 Å². The Balaban J connectivity index is 0.000000280. The van der Waals surface area contributed by atoms with E-state index in [1.807, 2.05) is 0 Å². The van der Waals surface area contributed by atoms with Gasteiger partial charge in [-0.05, 0) is 12.1 Å². The Morgan fingerprint density at radius 2 is 1.81 bits per heavy atom. The fourth-order valence-corrected chi connectivity index (χ4v) is 1.11. The van der Waals surface area contributed by atoms with E-state index in [-0.39, 0.29) is 16.9 Å². The van der Waals surface area contributed by atoms with Gasteiger partial charge in [-0.25, -0.2) is 9.59 Å². The number of carbonyl (C=O) groups is 2. The number of hydrogen-bond acceptors (Lipinski definition) is 5. The highest BCUT2D eigenvalue weighted by Gasteiger charge is 2.31. The molecule has 0 saturated carbocycles. The van der Waals surface area contributed by atoms with Gasteiger partial charge in [-0.2, -0.15) is 0 Å². The van der Waals surface area contributed by atoms with Gasteiger partial charge in [-0.3, -0.25) is 0 Å². The van der Waals surface area contributed by atoms with E-state index in [4.69, 9.17) is 5.11 Å². The number of hydrogen-bond donors (Lipinski definition) is 1. The summed E-state index contributed by atoms with van der Waals surface area (Å²) in [7, 11) is 0. The third kappa shape index (κ3) is 2.74. The number of ether oxygens (including phenoxy) is 1. The smallest absolute Gasteiger partial charge is 0.350 e. The number of fused-ring (bicyclic) bond motifs is 1. The lowest BCUT2D eigenvalue weighted by atomic mass is 10.1. The van der Waals surface area contributed by atoms with Crippen LogP contribution in [0.3, 0.4) is 0 Å². The summed E-state index contributed by atoms with van der Waals surface area (Å²) in [5.74, 6) is -1.71. The summed E-state index contributed by atoms with van der Waals surface area (Å²) in [6.45, 7) is 0. The molecular weight excluding hydrogens is 232 g/mol. The molecule has 0 amide bonds. The largest absolute Gasteiger partial charge is 0.617 e. The minimum absolute atomic E-state index is 0.0394. The Morgan fingerprint density at radius 1 is 1.25 bits per heavy atom. The van der Waals surface area contributed by atoms with Gasteiger partial charge < -0.3 is 14.4 Å². The molecule has 1 aromatic rings. The maximum atomic E-state index is 10.9. The van der Waals surface area contributed by atoms with Crippen molar-refractivity contribution in [2.24, 2.45) is 0 Å². The Labute approximate surface area is 95.2 Å². The fourth-order valence-electron chi connectivity index (χ4n) is 1.11. The molecule has 1 heterocycles. The zero-order valence-corrected chi connectivity index (χ0v) is 9.54. The lowest BCUT2D eigenvalue weighted by Crippen LogP contribution is -1.97. The molecule has 0 saturated heterocycles. The van der Waals surface area contributed by atoms with E-state index < -0.39 is 23.1 Å². The molecule has 0 fully saturated rings. The predicted octanol–water partition coefficient (Wildman–Crippen LogP) is 0.698. The first-order valence-corrected chi connectivity index (χ1v) is 6.23. The third-order valence-electron chi connectivity index (χ3n) is 1.65. The van der Waals surface area contributed by atoms with Crippen LogP contribution in [-0.2, 0) is 15.9 Å². The Morgan fingerprint density at radius 3 is 2.31 bits per heavy atom. The van der Waals surface area contributed by atoms with Crippen LogP contribution < -0.4 is 0 Å². The summed E-state index contributed by atoms with van der Waals surface area (Å²) in [6, 6.07) is 4.25. The number of aromatic hydroxyl groups is 1. The molecule has 2 rings (SSSR count). The molecule has 0 spiro atoms. The Hall–Kier alpha value is -1.53. The van der Waals surface area contributed by atoms with E-state index in [2.05, 4.69) is 4.74 Å². The number of carbonyl (C=O) groups excluding carboxylic acids is 2. The summed E-state index contributed by atoms with van der Waals surface area (Å²) in [4.78, 5) is 21.8. The van der Waals surface area contributed by atoms with Gasteiger partial charge in [0, 0.05) is 0 Å². The SMILES string of the molecule is C[S+](C)[O-].O=C1OC(=O)c2c(O)cccc21. The van der Waals surface area contributed by atoms with Crippen molar-refractivity contribution < 1.29 is 24.0 Å². The molecular formula is C10H10O5S. The second-order valence-corrected chi connectivity index (χ2v) is 4.60. The van der Waals surface area contributed by atoms with E-state index in [1.165, 1.54) is 18.2 Å². The van der Waals surface area contributed by atoms with Gasteiger partial charge in [0.2, 0.25) is 0 Å². The van der Waals surface area contributed by atoms with Gasteiger partial charge in [-0.15, -0.1) is 0 Å². The molecule has 0 bridgehead atoms. The number of phenolic OH excluding ortho intramolecular Hbond substituents is 1. The number of benzene rings is 1. The summed E-state index contributed by atoms with van der Waals surface area (Å²) >= 11 is -0.611. The maximum absolute atomic E-state index is 10.9. The van der Waals surface area contributed by atoms with Crippen molar-refractivity contribution >= 4 is 23.1 Å². The van der Waals surface area contributed by atoms with Crippen molar-refractivity contribution in [2.45, 2.75) is 0 Å². The maximum Gasteiger partial charge on any atom is 0.350 e. The number of esters is 2. The topological polar surface area (TPSA) is 86.7 Å². The third-order valence-corrected chi connectivity index (χ3v) is 1.65. The number of phenols is 1. The molecule has 1 aliphatic heterocycles. The van der Waals surface area contributed by atoms with Crippen molar-refractivity contribution in [1.29, 1.82) is 0 Å². The highest BCUT2D eigenvalue weighted by atomic mass is 32.2. The molecule has 0 aromatic heterocycles. The Kier molecular flexibility index (Phi) is 3.92. The monoisotopic (exact) mass is 242 g/mol. The quantitative estimate of drug-likeness (QED) is 0.411. The van der Waals surface area contributed by atoms with E-state index in [0.717, 1.165) is 0 Å². The molecule has 1 aliphatic rings. The van der Waals surface area contributed by atoms with E-state index in [9.17, 15) is 14.1 Å². The summed E-state index contributed by atoms with van der Waals surface area (Å²) in [5, 5.41) is 9.17. The average Bonchev–Trinajstić information content (AvgIpc) is 2.43.